The molecule has 2 heterocycles. The van der Waals surface area contributed by atoms with Crippen molar-refractivity contribution in [1.82, 2.24) is 4.90 Å². The zero-order valence-electron chi connectivity index (χ0n) is 20.0. The fourth-order valence-corrected chi connectivity index (χ4v) is 4.48. The van der Waals surface area contributed by atoms with Crippen LogP contribution in [0.4, 0.5) is 16.2 Å². The topological polar surface area (TPSA) is 97.4 Å². The Bertz CT molecular complexity index is 1350. The van der Waals surface area contributed by atoms with Gasteiger partial charge in [0.25, 0.3) is 5.91 Å². The van der Waals surface area contributed by atoms with E-state index < -0.39 is 23.9 Å². The summed E-state index contributed by atoms with van der Waals surface area (Å²) in [5, 5.41) is 3.18. The zero-order valence-corrected chi connectivity index (χ0v) is 20.7. The molecule has 2 aliphatic rings. The maximum absolute atomic E-state index is 13.5. The first-order valence-corrected chi connectivity index (χ1v) is 12.1. The van der Waals surface area contributed by atoms with Gasteiger partial charge >= 0.3 is 6.03 Å². The minimum atomic E-state index is -1.01. The van der Waals surface area contributed by atoms with Gasteiger partial charge in [-0.1, -0.05) is 23.7 Å². The van der Waals surface area contributed by atoms with Gasteiger partial charge in [-0.3, -0.25) is 9.59 Å². The SMILES string of the molecule is CCOc1ccc(NC(=O)CC2C(=O)N(c3cccc(Cl)c3)C(=O)N2Cc2ccc3c(c2)OCO3)cc1. The molecular weight excluding hydrogens is 498 g/mol. The number of nitrogens with zero attached hydrogens (tertiary/aromatic N) is 2. The number of carbonyl (C=O) groups excluding carboxylic acids is 3. The van der Waals surface area contributed by atoms with Crippen molar-refractivity contribution >= 4 is 40.8 Å². The molecule has 3 aromatic rings. The summed E-state index contributed by atoms with van der Waals surface area (Å²) in [6, 6.07) is 17.2. The number of benzene rings is 3. The molecular formula is C27H24ClN3O6. The van der Waals surface area contributed by atoms with Gasteiger partial charge in [-0.2, -0.15) is 0 Å². The Morgan fingerprint density at radius 2 is 1.84 bits per heavy atom. The highest BCUT2D eigenvalue weighted by Crippen LogP contribution is 2.35. The lowest BCUT2D eigenvalue weighted by molar-refractivity contribution is -0.124. The molecule has 4 amide bonds. The molecule has 2 aliphatic heterocycles. The maximum Gasteiger partial charge on any atom is 0.332 e. The highest BCUT2D eigenvalue weighted by atomic mass is 35.5. The molecule has 0 spiro atoms. The first kappa shape index (κ1) is 24.5. The van der Waals surface area contributed by atoms with Crippen LogP contribution in [-0.2, 0) is 16.1 Å². The van der Waals surface area contributed by atoms with Crippen molar-refractivity contribution in [1.29, 1.82) is 0 Å². The Balaban J connectivity index is 1.38. The van der Waals surface area contributed by atoms with E-state index in [1.54, 1.807) is 66.7 Å². The smallest absolute Gasteiger partial charge is 0.332 e. The molecule has 5 rings (SSSR count). The van der Waals surface area contributed by atoms with Crippen LogP contribution in [0.15, 0.2) is 66.7 Å². The molecule has 0 aromatic heterocycles. The van der Waals surface area contributed by atoms with Crippen molar-refractivity contribution in [3.8, 4) is 17.2 Å². The lowest BCUT2D eigenvalue weighted by Crippen LogP contribution is -2.37. The second kappa shape index (κ2) is 10.4. The third kappa shape index (κ3) is 5.17. The molecule has 0 bridgehead atoms. The molecule has 190 valence electrons. The molecule has 1 atom stereocenters. The number of carbonyl (C=O) groups is 3. The molecule has 37 heavy (non-hydrogen) atoms. The summed E-state index contributed by atoms with van der Waals surface area (Å²) in [5.41, 5.74) is 1.63. The number of hydrogen-bond acceptors (Lipinski definition) is 6. The molecule has 0 saturated carbocycles. The van der Waals surface area contributed by atoms with Crippen molar-refractivity contribution in [3.63, 3.8) is 0 Å². The molecule has 1 fully saturated rings. The first-order chi connectivity index (χ1) is 17.9. The summed E-state index contributed by atoms with van der Waals surface area (Å²) < 4.78 is 16.2. The second-order valence-electron chi connectivity index (χ2n) is 8.48. The van der Waals surface area contributed by atoms with E-state index in [1.807, 2.05) is 6.92 Å². The fourth-order valence-electron chi connectivity index (χ4n) is 4.29. The van der Waals surface area contributed by atoms with E-state index in [4.69, 9.17) is 25.8 Å². The largest absolute Gasteiger partial charge is 0.494 e. The Morgan fingerprint density at radius 1 is 1.05 bits per heavy atom. The van der Waals surface area contributed by atoms with Crippen LogP contribution in [-0.4, -0.2) is 42.2 Å². The van der Waals surface area contributed by atoms with Gasteiger partial charge in [0.1, 0.15) is 11.8 Å². The van der Waals surface area contributed by atoms with Gasteiger partial charge in [0.2, 0.25) is 12.7 Å². The van der Waals surface area contributed by atoms with Gasteiger partial charge in [0.15, 0.2) is 11.5 Å². The molecule has 1 N–H and O–H groups in total. The van der Waals surface area contributed by atoms with Gasteiger partial charge in [0, 0.05) is 17.3 Å². The van der Waals surface area contributed by atoms with Crippen LogP contribution in [0.25, 0.3) is 0 Å². The number of urea groups is 1. The van der Waals surface area contributed by atoms with Crippen LogP contribution in [0.1, 0.15) is 18.9 Å². The number of hydrogen-bond donors (Lipinski definition) is 1. The summed E-state index contributed by atoms with van der Waals surface area (Å²) in [6.07, 6.45) is -0.223. The van der Waals surface area contributed by atoms with Crippen LogP contribution >= 0.6 is 11.6 Å². The fraction of sp³-hybridized carbons (Fsp3) is 0.222. The Hall–Kier alpha value is -4.24. The monoisotopic (exact) mass is 521 g/mol. The van der Waals surface area contributed by atoms with Crippen molar-refractivity contribution in [2.75, 3.05) is 23.6 Å². The van der Waals surface area contributed by atoms with Crippen molar-refractivity contribution < 1.29 is 28.6 Å². The number of ether oxygens (including phenoxy) is 3. The number of nitrogens with one attached hydrogen (secondary N) is 1. The Labute approximate surface area is 218 Å². The van der Waals surface area contributed by atoms with Crippen LogP contribution < -0.4 is 24.4 Å². The minimum Gasteiger partial charge on any atom is -0.494 e. The van der Waals surface area contributed by atoms with Crippen molar-refractivity contribution in [2.24, 2.45) is 0 Å². The number of anilines is 2. The number of amides is 4. The molecule has 1 unspecified atom stereocenters. The standard InChI is InChI=1S/C27H24ClN3O6/c1-2-35-21-9-7-19(8-10-21)29-25(32)14-22-26(33)31(20-5-3-4-18(28)13-20)27(34)30(22)15-17-6-11-23-24(12-17)37-16-36-23/h3-13,22H,2,14-16H2,1H3,(H,29,32). The van der Waals surface area contributed by atoms with Crippen molar-refractivity contribution in [2.45, 2.75) is 25.9 Å². The summed E-state index contributed by atoms with van der Waals surface area (Å²) in [7, 11) is 0. The van der Waals surface area contributed by atoms with Crippen LogP contribution in [0, 0.1) is 0 Å². The number of rotatable bonds is 8. The van der Waals surface area contributed by atoms with Crippen LogP contribution in [0.3, 0.4) is 0 Å². The Morgan fingerprint density at radius 3 is 2.59 bits per heavy atom. The van der Waals surface area contributed by atoms with Gasteiger partial charge in [-0.05, 0) is 67.1 Å². The van der Waals surface area contributed by atoms with E-state index in [1.165, 1.54) is 4.90 Å². The summed E-state index contributed by atoms with van der Waals surface area (Å²) in [6.45, 7) is 2.64. The second-order valence-corrected chi connectivity index (χ2v) is 8.91. The molecule has 0 aliphatic carbocycles. The van der Waals surface area contributed by atoms with E-state index in [-0.39, 0.29) is 19.8 Å². The van der Waals surface area contributed by atoms with E-state index in [2.05, 4.69) is 5.32 Å². The number of halogens is 1. The number of fused-ring (bicyclic) bond motifs is 1. The average molecular weight is 522 g/mol. The lowest BCUT2D eigenvalue weighted by atomic mass is 10.1. The van der Waals surface area contributed by atoms with Gasteiger partial charge in [0.05, 0.1) is 18.7 Å². The minimum absolute atomic E-state index is 0.0965. The normalized spacial score (nSPS) is 16.3. The van der Waals surface area contributed by atoms with E-state index in [0.29, 0.717) is 40.3 Å². The molecule has 9 nitrogen and oxygen atoms in total. The number of imide groups is 1. The van der Waals surface area contributed by atoms with Crippen LogP contribution in [0.5, 0.6) is 17.2 Å². The molecule has 1 saturated heterocycles. The first-order valence-electron chi connectivity index (χ1n) is 11.7. The maximum atomic E-state index is 13.5. The van der Waals surface area contributed by atoms with Gasteiger partial charge in [-0.15, -0.1) is 0 Å². The highest BCUT2D eigenvalue weighted by Gasteiger charge is 2.46. The summed E-state index contributed by atoms with van der Waals surface area (Å²) in [4.78, 5) is 42.4. The zero-order chi connectivity index (χ0) is 25.9. The predicted octanol–water partition coefficient (Wildman–Crippen LogP) is 4.83. The van der Waals surface area contributed by atoms with Gasteiger partial charge < -0.3 is 24.4 Å². The average Bonchev–Trinajstić information content (AvgIpc) is 3.43. The van der Waals surface area contributed by atoms with E-state index in [9.17, 15) is 14.4 Å². The quantitative estimate of drug-likeness (QED) is 0.426. The molecule has 10 heteroatoms. The molecule has 3 aromatic carbocycles. The lowest BCUT2D eigenvalue weighted by Gasteiger charge is -2.22. The van der Waals surface area contributed by atoms with E-state index in [0.717, 1.165) is 10.5 Å². The predicted molar refractivity (Wildman–Crippen MR) is 137 cm³/mol. The van der Waals surface area contributed by atoms with Crippen LogP contribution in [0.2, 0.25) is 5.02 Å². The Kier molecular flexibility index (Phi) is 6.87. The summed E-state index contributed by atoms with van der Waals surface area (Å²) in [5.74, 6) is 0.948. The third-order valence-electron chi connectivity index (χ3n) is 6.00. The summed E-state index contributed by atoms with van der Waals surface area (Å²) >= 11 is 6.12. The van der Waals surface area contributed by atoms with Crippen molar-refractivity contribution in [3.05, 3.63) is 77.3 Å². The van der Waals surface area contributed by atoms with E-state index >= 15 is 0 Å². The molecule has 0 radical (unpaired) electrons. The van der Waals surface area contributed by atoms with Gasteiger partial charge in [-0.25, -0.2) is 9.69 Å². The highest BCUT2D eigenvalue weighted by molar-refractivity contribution is 6.31. The third-order valence-corrected chi connectivity index (χ3v) is 6.24.